The van der Waals surface area contributed by atoms with Gasteiger partial charge in [-0.1, -0.05) is 24.6 Å². The highest BCUT2D eigenvalue weighted by Crippen LogP contribution is 2.20. The Kier molecular flexibility index (Phi) is 5.17. The number of nitrogens with one attached hydrogen (secondary N) is 1. The van der Waals surface area contributed by atoms with Gasteiger partial charge in [-0.25, -0.2) is 8.42 Å². The molecule has 1 fully saturated rings. The lowest BCUT2D eigenvalue weighted by molar-refractivity contribution is -0.154. The molecule has 0 aromatic heterocycles. The normalized spacial score (nSPS) is 23.2. The minimum absolute atomic E-state index is 0.177. The standard InChI is InChI=1S/C14H21N3O4S/c1-3-12(18)21-14-13(15)17(9-8-16-14)22(19,20)11-6-4-10(2)5-7-11/h4-7,13-14,16H,3,8-9,15H2,1-2H3/t13-,14?/m0/s1. The van der Waals surface area contributed by atoms with Crippen LogP contribution < -0.4 is 11.1 Å². The molecule has 0 aliphatic carbocycles. The van der Waals surface area contributed by atoms with E-state index in [1.165, 1.54) is 4.31 Å². The number of esters is 1. The van der Waals surface area contributed by atoms with Crippen molar-refractivity contribution < 1.29 is 17.9 Å². The Morgan fingerprint density at radius 2 is 2.05 bits per heavy atom. The fraction of sp³-hybridized carbons (Fsp3) is 0.500. The zero-order valence-electron chi connectivity index (χ0n) is 12.7. The molecule has 1 aliphatic heterocycles. The molecule has 22 heavy (non-hydrogen) atoms. The van der Waals surface area contributed by atoms with Gasteiger partial charge in [0, 0.05) is 19.5 Å². The number of ether oxygens (including phenoxy) is 1. The second-order valence-electron chi connectivity index (χ2n) is 5.14. The zero-order chi connectivity index (χ0) is 16.3. The number of carbonyl (C=O) groups is 1. The number of benzene rings is 1. The van der Waals surface area contributed by atoms with Crippen LogP contribution in [0.3, 0.4) is 0 Å². The first-order valence-electron chi connectivity index (χ1n) is 7.13. The molecular weight excluding hydrogens is 306 g/mol. The van der Waals surface area contributed by atoms with E-state index in [1.54, 1.807) is 31.2 Å². The summed E-state index contributed by atoms with van der Waals surface area (Å²) >= 11 is 0. The molecule has 1 heterocycles. The van der Waals surface area contributed by atoms with Crippen LogP contribution in [0.25, 0.3) is 0 Å². The lowest BCUT2D eigenvalue weighted by Crippen LogP contribution is -2.64. The van der Waals surface area contributed by atoms with Crippen LogP contribution in [0.4, 0.5) is 0 Å². The molecule has 0 radical (unpaired) electrons. The van der Waals surface area contributed by atoms with Gasteiger partial charge in [0.05, 0.1) is 4.90 Å². The van der Waals surface area contributed by atoms with Gasteiger partial charge in [-0.05, 0) is 19.1 Å². The third-order valence-corrected chi connectivity index (χ3v) is 5.41. The highest BCUT2D eigenvalue weighted by Gasteiger charge is 2.38. The molecule has 3 N–H and O–H groups in total. The Hall–Kier alpha value is -1.48. The highest BCUT2D eigenvalue weighted by molar-refractivity contribution is 7.89. The summed E-state index contributed by atoms with van der Waals surface area (Å²) in [4.78, 5) is 11.6. The van der Waals surface area contributed by atoms with Crippen molar-refractivity contribution in [3.63, 3.8) is 0 Å². The van der Waals surface area contributed by atoms with E-state index in [1.807, 2.05) is 6.92 Å². The minimum atomic E-state index is -3.73. The summed E-state index contributed by atoms with van der Waals surface area (Å²) in [5, 5.41) is 2.92. The Bertz CT molecular complexity index is 630. The number of sulfonamides is 1. The molecule has 1 aliphatic rings. The van der Waals surface area contributed by atoms with Gasteiger partial charge in [-0.2, -0.15) is 4.31 Å². The van der Waals surface area contributed by atoms with Gasteiger partial charge >= 0.3 is 5.97 Å². The SMILES string of the molecule is CCC(=O)OC1NCCN(S(=O)(=O)c2ccc(C)cc2)[C@@H]1N. The van der Waals surface area contributed by atoms with E-state index in [2.05, 4.69) is 5.32 Å². The maximum Gasteiger partial charge on any atom is 0.307 e. The summed E-state index contributed by atoms with van der Waals surface area (Å²) in [5.41, 5.74) is 6.96. The summed E-state index contributed by atoms with van der Waals surface area (Å²) in [6.07, 6.45) is -1.60. The van der Waals surface area contributed by atoms with Gasteiger partial charge < -0.3 is 10.5 Å². The predicted molar refractivity (Wildman–Crippen MR) is 81.2 cm³/mol. The molecule has 8 heteroatoms. The fourth-order valence-corrected chi connectivity index (χ4v) is 3.71. The molecule has 0 spiro atoms. The smallest absolute Gasteiger partial charge is 0.307 e. The molecule has 2 atom stereocenters. The summed E-state index contributed by atoms with van der Waals surface area (Å²) < 4.78 is 31.7. The second-order valence-corrected chi connectivity index (χ2v) is 7.03. The van der Waals surface area contributed by atoms with Gasteiger partial charge in [0.15, 0.2) is 6.23 Å². The van der Waals surface area contributed by atoms with E-state index in [9.17, 15) is 13.2 Å². The maximum atomic E-state index is 12.7. The molecule has 0 bridgehead atoms. The van der Waals surface area contributed by atoms with Crippen molar-refractivity contribution in [2.24, 2.45) is 5.73 Å². The molecule has 1 aromatic rings. The zero-order valence-corrected chi connectivity index (χ0v) is 13.5. The van der Waals surface area contributed by atoms with Crippen LogP contribution in [0, 0.1) is 6.92 Å². The van der Waals surface area contributed by atoms with Crippen LogP contribution in [-0.2, 0) is 19.6 Å². The van der Waals surface area contributed by atoms with Gasteiger partial charge in [0.25, 0.3) is 0 Å². The van der Waals surface area contributed by atoms with Gasteiger partial charge in [0.2, 0.25) is 10.0 Å². The lowest BCUT2D eigenvalue weighted by atomic mass is 10.2. The van der Waals surface area contributed by atoms with E-state index in [-0.39, 0.29) is 17.9 Å². The third kappa shape index (κ3) is 3.46. The van der Waals surface area contributed by atoms with E-state index < -0.39 is 28.4 Å². The number of aryl methyl sites for hydroxylation is 1. The number of hydrogen-bond donors (Lipinski definition) is 2. The summed E-state index contributed by atoms with van der Waals surface area (Å²) in [6.45, 7) is 4.13. The van der Waals surface area contributed by atoms with Crippen LogP contribution in [0.15, 0.2) is 29.2 Å². The topological polar surface area (TPSA) is 102 Å². The van der Waals surface area contributed by atoms with Crippen molar-refractivity contribution in [3.05, 3.63) is 29.8 Å². The van der Waals surface area contributed by atoms with Gasteiger partial charge in [0.1, 0.15) is 6.17 Å². The van der Waals surface area contributed by atoms with Crippen LogP contribution in [0.2, 0.25) is 0 Å². The quantitative estimate of drug-likeness (QED) is 0.764. The van der Waals surface area contributed by atoms with Crippen molar-refractivity contribution in [3.8, 4) is 0 Å². The largest absolute Gasteiger partial charge is 0.443 e. The Morgan fingerprint density at radius 1 is 1.41 bits per heavy atom. The van der Waals surface area contributed by atoms with Crippen LogP contribution >= 0.6 is 0 Å². The van der Waals surface area contributed by atoms with Crippen molar-refractivity contribution in [1.29, 1.82) is 0 Å². The first-order valence-corrected chi connectivity index (χ1v) is 8.57. The molecule has 1 unspecified atom stereocenters. The molecular formula is C14H21N3O4S. The number of nitrogens with zero attached hydrogens (tertiary/aromatic N) is 1. The minimum Gasteiger partial charge on any atom is -0.443 e. The predicted octanol–water partition coefficient (Wildman–Crippen LogP) is 0.153. The Morgan fingerprint density at radius 3 is 2.64 bits per heavy atom. The average Bonchev–Trinajstić information content (AvgIpc) is 2.49. The summed E-state index contributed by atoms with van der Waals surface area (Å²) in [6, 6.07) is 6.56. The molecule has 0 amide bonds. The maximum absolute atomic E-state index is 12.7. The molecule has 122 valence electrons. The third-order valence-electron chi connectivity index (χ3n) is 3.50. The summed E-state index contributed by atoms with van der Waals surface area (Å²) in [5.74, 6) is -0.428. The fourth-order valence-electron chi connectivity index (χ4n) is 2.20. The number of hydrogen-bond acceptors (Lipinski definition) is 6. The van der Waals surface area contributed by atoms with E-state index >= 15 is 0 Å². The number of carbonyl (C=O) groups excluding carboxylic acids is 1. The first-order chi connectivity index (χ1) is 10.4. The van der Waals surface area contributed by atoms with Gasteiger partial charge in [-0.3, -0.25) is 10.1 Å². The van der Waals surface area contributed by atoms with Crippen molar-refractivity contribution >= 4 is 16.0 Å². The average molecular weight is 327 g/mol. The van der Waals surface area contributed by atoms with Crippen LogP contribution in [0.5, 0.6) is 0 Å². The Labute approximate surface area is 130 Å². The molecule has 0 saturated carbocycles. The lowest BCUT2D eigenvalue weighted by Gasteiger charge is -2.37. The number of rotatable bonds is 4. The number of nitrogens with two attached hydrogens (primary N) is 1. The van der Waals surface area contributed by atoms with E-state index in [4.69, 9.17) is 10.5 Å². The first kappa shape index (κ1) is 16.9. The highest BCUT2D eigenvalue weighted by atomic mass is 32.2. The van der Waals surface area contributed by atoms with E-state index in [0.29, 0.717) is 6.54 Å². The van der Waals surface area contributed by atoms with Crippen LogP contribution in [-0.4, -0.2) is 44.2 Å². The summed E-state index contributed by atoms with van der Waals surface area (Å²) in [7, 11) is -3.73. The van der Waals surface area contributed by atoms with Gasteiger partial charge in [-0.15, -0.1) is 0 Å². The number of piperazine rings is 1. The van der Waals surface area contributed by atoms with Crippen molar-refractivity contribution in [2.45, 2.75) is 37.6 Å². The van der Waals surface area contributed by atoms with E-state index in [0.717, 1.165) is 5.56 Å². The van der Waals surface area contributed by atoms with Crippen LogP contribution in [0.1, 0.15) is 18.9 Å². The molecule has 2 rings (SSSR count). The molecule has 1 saturated heterocycles. The second kappa shape index (κ2) is 6.74. The van der Waals surface area contributed by atoms with Crippen molar-refractivity contribution in [2.75, 3.05) is 13.1 Å². The molecule has 7 nitrogen and oxygen atoms in total. The molecule has 1 aromatic carbocycles. The van der Waals surface area contributed by atoms with Crippen molar-refractivity contribution in [1.82, 2.24) is 9.62 Å². The monoisotopic (exact) mass is 327 g/mol. The Balaban J connectivity index is 2.22.